The summed E-state index contributed by atoms with van der Waals surface area (Å²) in [5.41, 5.74) is 1.11. The van der Waals surface area contributed by atoms with Crippen molar-refractivity contribution in [2.75, 3.05) is 19.6 Å². The zero-order valence-corrected chi connectivity index (χ0v) is 17.5. The van der Waals surface area contributed by atoms with E-state index < -0.39 is 0 Å². The lowest BCUT2D eigenvalue weighted by Gasteiger charge is -2.32. The first-order valence-electron chi connectivity index (χ1n) is 11.3. The average Bonchev–Trinajstić information content (AvgIpc) is 2.73. The molecular weight excluding hydrogens is 388 g/mol. The van der Waals surface area contributed by atoms with Crippen LogP contribution in [0.4, 0.5) is 9.59 Å². The predicted octanol–water partition coefficient (Wildman–Crippen LogP) is 5.29. The second kappa shape index (κ2) is 14.7. The number of hydrogen-bond acceptors (Lipinski definition) is 2. The van der Waals surface area contributed by atoms with Gasteiger partial charge in [-0.15, -0.1) is 0 Å². The van der Waals surface area contributed by atoms with E-state index in [1.165, 1.54) is 32.1 Å². The van der Waals surface area contributed by atoms with Crippen LogP contribution in [0.2, 0.25) is 0 Å². The average molecular weight is 433 g/mol. The lowest BCUT2D eigenvalue weighted by Crippen LogP contribution is -2.47. The maximum atomic E-state index is 12.4. The molecule has 0 unspecified atom stereocenters. The molecule has 3 rings (SSSR count). The van der Waals surface area contributed by atoms with E-state index in [0.29, 0.717) is 25.0 Å². The summed E-state index contributed by atoms with van der Waals surface area (Å²) >= 11 is 0. The van der Waals surface area contributed by atoms with E-state index in [1.807, 2.05) is 35.2 Å². The second-order valence-electron chi connectivity index (χ2n) is 8.47. The number of hydrogen-bond donors (Lipinski definition) is 3. The highest BCUT2D eigenvalue weighted by Crippen LogP contribution is 2.18. The van der Waals surface area contributed by atoms with Crippen LogP contribution in [0.25, 0.3) is 0 Å². The van der Waals surface area contributed by atoms with Gasteiger partial charge in [-0.25, -0.2) is 9.59 Å². The number of benzene rings is 1. The molecule has 0 bridgehead atoms. The van der Waals surface area contributed by atoms with E-state index in [2.05, 4.69) is 16.0 Å². The molecule has 1 aromatic rings. The zero-order valence-electron chi connectivity index (χ0n) is 17.5. The van der Waals surface area contributed by atoms with Crippen LogP contribution < -0.4 is 16.0 Å². The Bertz CT molecular complexity index is 622. The number of urea groups is 2. The van der Waals surface area contributed by atoms with E-state index >= 15 is 0 Å². The maximum absolute atomic E-state index is 12.4. The van der Waals surface area contributed by atoms with Gasteiger partial charge in [-0.2, -0.15) is 0 Å². The summed E-state index contributed by atoms with van der Waals surface area (Å²) in [4.78, 5) is 26.5. The van der Waals surface area contributed by atoms with Gasteiger partial charge in [0.05, 0.1) is 0 Å². The Kier molecular flexibility index (Phi) is 12.7. The van der Waals surface area contributed by atoms with E-state index in [9.17, 15) is 9.59 Å². The summed E-state index contributed by atoms with van der Waals surface area (Å²) in [6.45, 7) is 2.74. The van der Waals surface area contributed by atoms with E-state index in [1.54, 1.807) is 0 Å². The van der Waals surface area contributed by atoms with Crippen LogP contribution in [0.1, 0.15) is 78.2 Å². The molecule has 6 heteroatoms. The molecular formula is C25H44N4O2. The Balaban J connectivity index is 0.00000240. The minimum atomic E-state index is -0.0291. The lowest BCUT2D eigenvalue weighted by atomic mass is 9.96. The Morgan fingerprint density at radius 3 is 2.10 bits per heavy atom. The third kappa shape index (κ3) is 9.62. The summed E-state index contributed by atoms with van der Waals surface area (Å²) in [6, 6.07) is 10.3. The predicted molar refractivity (Wildman–Crippen MR) is 129 cm³/mol. The summed E-state index contributed by atoms with van der Waals surface area (Å²) in [5, 5.41) is 9.21. The highest BCUT2D eigenvalue weighted by atomic mass is 16.2. The van der Waals surface area contributed by atoms with Crippen LogP contribution in [0, 0.1) is 5.92 Å². The first-order chi connectivity index (χ1) is 14.2. The standard InChI is InChI=1S/C23H36N4O2.2CH4/c28-22(26-21-11-7-2-1-3-8-12-21)24-17-20-13-15-27(16-14-20)23(29)25-18-19-9-5-4-6-10-19;;/h4-6,9-10,20-21H,1-3,7-8,11-18H2,(H,25,29)(H2,24,26,28);2*1H4. The number of nitrogens with one attached hydrogen (secondary N) is 3. The fourth-order valence-electron chi connectivity index (χ4n) is 4.30. The smallest absolute Gasteiger partial charge is 0.317 e. The number of likely N-dealkylation sites (tertiary alicyclic amines) is 1. The number of piperidine rings is 1. The van der Waals surface area contributed by atoms with Crippen LogP contribution in [0.15, 0.2) is 30.3 Å². The van der Waals surface area contributed by atoms with Crippen LogP contribution in [-0.4, -0.2) is 42.6 Å². The number of amides is 4. The van der Waals surface area contributed by atoms with Crippen LogP contribution in [0.5, 0.6) is 0 Å². The van der Waals surface area contributed by atoms with E-state index in [0.717, 1.165) is 44.3 Å². The van der Waals surface area contributed by atoms with Crippen molar-refractivity contribution in [3.05, 3.63) is 35.9 Å². The van der Waals surface area contributed by atoms with Crippen molar-refractivity contribution in [3.8, 4) is 0 Å². The molecule has 1 aliphatic carbocycles. The second-order valence-corrected chi connectivity index (χ2v) is 8.47. The van der Waals surface area contributed by atoms with Crippen LogP contribution in [0.3, 0.4) is 0 Å². The van der Waals surface area contributed by atoms with Gasteiger partial charge < -0.3 is 20.9 Å². The number of carbonyl (C=O) groups excluding carboxylic acids is 2. The highest BCUT2D eigenvalue weighted by Gasteiger charge is 2.23. The molecule has 0 aromatic heterocycles. The van der Waals surface area contributed by atoms with Crippen molar-refractivity contribution in [3.63, 3.8) is 0 Å². The normalized spacial score (nSPS) is 17.9. The first kappa shape index (κ1) is 26.8. The highest BCUT2D eigenvalue weighted by molar-refractivity contribution is 5.74. The molecule has 1 saturated carbocycles. The van der Waals surface area contributed by atoms with Gasteiger partial charge in [0, 0.05) is 32.2 Å². The third-order valence-corrected chi connectivity index (χ3v) is 6.18. The fraction of sp³-hybridized carbons (Fsp3) is 0.680. The van der Waals surface area contributed by atoms with Crippen molar-refractivity contribution in [1.82, 2.24) is 20.9 Å². The minimum absolute atomic E-state index is 0. The van der Waals surface area contributed by atoms with Gasteiger partial charge in [0.1, 0.15) is 0 Å². The molecule has 2 fully saturated rings. The van der Waals surface area contributed by atoms with Gasteiger partial charge in [-0.05, 0) is 37.2 Å². The molecule has 6 nitrogen and oxygen atoms in total. The molecule has 2 aliphatic rings. The Labute approximate surface area is 189 Å². The molecule has 3 N–H and O–H groups in total. The molecule has 4 amide bonds. The van der Waals surface area contributed by atoms with Crippen molar-refractivity contribution in [1.29, 1.82) is 0 Å². The van der Waals surface area contributed by atoms with Gasteiger partial charge >= 0.3 is 12.1 Å². The SMILES string of the molecule is C.C.O=C(NCC1CCN(C(=O)NCc2ccccc2)CC1)NC1CCCCCCC1. The molecule has 1 saturated heterocycles. The number of rotatable bonds is 5. The van der Waals surface area contributed by atoms with Crippen molar-refractivity contribution < 1.29 is 9.59 Å². The molecule has 176 valence electrons. The Hall–Kier alpha value is -2.24. The number of carbonyl (C=O) groups is 2. The van der Waals surface area contributed by atoms with Gasteiger partial charge in [0.2, 0.25) is 0 Å². The van der Waals surface area contributed by atoms with Gasteiger partial charge in [-0.1, -0.05) is 77.3 Å². The van der Waals surface area contributed by atoms with E-state index in [4.69, 9.17) is 0 Å². The van der Waals surface area contributed by atoms with E-state index in [-0.39, 0.29) is 26.9 Å². The monoisotopic (exact) mass is 432 g/mol. The summed E-state index contributed by atoms with van der Waals surface area (Å²) in [7, 11) is 0. The first-order valence-corrected chi connectivity index (χ1v) is 11.3. The quantitative estimate of drug-likeness (QED) is 0.591. The summed E-state index contributed by atoms with van der Waals surface area (Å²) in [6.07, 6.45) is 10.4. The molecule has 0 radical (unpaired) electrons. The minimum Gasteiger partial charge on any atom is -0.338 e. The van der Waals surface area contributed by atoms with Crippen LogP contribution in [-0.2, 0) is 6.54 Å². The Morgan fingerprint density at radius 2 is 1.45 bits per heavy atom. The lowest BCUT2D eigenvalue weighted by molar-refractivity contribution is 0.168. The van der Waals surface area contributed by atoms with Gasteiger partial charge in [-0.3, -0.25) is 0 Å². The van der Waals surface area contributed by atoms with Gasteiger partial charge in [0.25, 0.3) is 0 Å². The third-order valence-electron chi connectivity index (χ3n) is 6.18. The Morgan fingerprint density at radius 1 is 0.839 bits per heavy atom. The van der Waals surface area contributed by atoms with Gasteiger partial charge in [0.15, 0.2) is 0 Å². The molecule has 1 heterocycles. The fourth-order valence-corrected chi connectivity index (χ4v) is 4.30. The molecule has 0 atom stereocenters. The van der Waals surface area contributed by atoms with Crippen molar-refractivity contribution in [2.24, 2.45) is 5.92 Å². The number of nitrogens with zero attached hydrogens (tertiary/aromatic N) is 1. The molecule has 1 aliphatic heterocycles. The largest absolute Gasteiger partial charge is 0.338 e. The molecule has 1 aromatic carbocycles. The maximum Gasteiger partial charge on any atom is 0.317 e. The van der Waals surface area contributed by atoms with Crippen molar-refractivity contribution >= 4 is 12.1 Å². The summed E-state index contributed by atoms with van der Waals surface area (Å²) in [5.74, 6) is 0.441. The zero-order chi connectivity index (χ0) is 20.3. The molecule has 31 heavy (non-hydrogen) atoms. The summed E-state index contributed by atoms with van der Waals surface area (Å²) < 4.78 is 0. The molecule has 0 spiro atoms. The van der Waals surface area contributed by atoms with Crippen LogP contribution >= 0.6 is 0 Å². The van der Waals surface area contributed by atoms with Crippen molar-refractivity contribution in [2.45, 2.75) is 85.2 Å². The topological polar surface area (TPSA) is 73.5 Å².